The van der Waals surface area contributed by atoms with Crippen LogP contribution in [0.15, 0.2) is 54.6 Å². The predicted octanol–water partition coefficient (Wildman–Crippen LogP) is 3.27. The second kappa shape index (κ2) is 10.1. The molecule has 2 atom stereocenters. The van der Waals surface area contributed by atoms with Gasteiger partial charge in [-0.1, -0.05) is 42.5 Å². The molecule has 2 aliphatic heterocycles. The van der Waals surface area contributed by atoms with Gasteiger partial charge in [-0.15, -0.1) is 0 Å². The number of nitrogens with zero attached hydrogens (tertiary/aromatic N) is 2. The number of rotatable bonds is 7. The average Bonchev–Trinajstić information content (AvgIpc) is 3.23. The zero-order valence-electron chi connectivity index (χ0n) is 18.9. The van der Waals surface area contributed by atoms with Crippen LogP contribution in [0.2, 0.25) is 0 Å². The Morgan fingerprint density at radius 1 is 1.06 bits per heavy atom. The molecule has 2 fully saturated rings. The minimum atomic E-state index is -3.49. The van der Waals surface area contributed by atoms with Crippen molar-refractivity contribution in [2.45, 2.75) is 43.9 Å². The summed E-state index contributed by atoms with van der Waals surface area (Å²) in [6, 6.07) is 16.2. The number of amides is 2. The normalized spacial score (nSPS) is 21.7. The van der Waals surface area contributed by atoms with Gasteiger partial charge in [0.15, 0.2) is 0 Å². The van der Waals surface area contributed by atoms with Gasteiger partial charge in [0.05, 0.1) is 0 Å². The van der Waals surface area contributed by atoms with E-state index in [1.54, 1.807) is 21.3 Å². The van der Waals surface area contributed by atoms with E-state index in [-0.39, 0.29) is 17.9 Å². The van der Waals surface area contributed by atoms with Gasteiger partial charge in [-0.25, -0.2) is 8.42 Å². The molecule has 0 bridgehead atoms. The fraction of sp³-hybridized carbons (Fsp3) is 0.440. The molecular weight excluding hydrogens is 438 g/mol. The SMILES string of the molecule is CC(c1ccc(C(=O)NCCN2CCCC2=O)cc1)N1CCCC(c2ccccc2)S1(=O)=O. The van der Waals surface area contributed by atoms with E-state index < -0.39 is 15.3 Å². The molecule has 2 unspecified atom stereocenters. The zero-order chi connectivity index (χ0) is 23.4. The Labute approximate surface area is 195 Å². The zero-order valence-corrected chi connectivity index (χ0v) is 19.8. The molecule has 2 saturated heterocycles. The smallest absolute Gasteiger partial charge is 0.251 e. The topological polar surface area (TPSA) is 86.8 Å². The molecule has 1 N–H and O–H groups in total. The van der Waals surface area contributed by atoms with Crippen molar-refractivity contribution in [3.8, 4) is 0 Å². The van der Waals surface area contributed by atoms with Crippen LogP contribution >= 0.6 is 0 Å². The van der Waals surface area contributed by atoms with E-state index in [0.717, 1.165) is 30.5 Å². The second-order valence-electron chi connectivity index (χ2n) is 8.74. The lowest BCUT2D eigenvalue weighted by Crippen LogP contribution is -2.41. The molecule has 0 aromatic heterocycles. The minimum absolute atomic E-state index is 0.143. The number of likely N-dealkylation sites (tertiary alicyclic amines) is 1. The van der Waals surface area contributed by atoms with Gasteiger partial charge < -0.3 is 10.2 Å². The van der Waals surface area contributed by atoms with E-state index in [0.29, 0.717) is 38.0 Å². The summed E-state index contributed by atoms with van der Waals surface area (Å²) in [6.07, 6.45) is 2.90. The van der Waals surface area contributed by atoms with E-state index in [9.17, 15) is 18.0 Å². The molecule has 2 aliphatic rings. The summed E-state index contributed by atoms with van der Waals surface area (Å²) in [6.45, 7) is 4.08. The van der Waals surface area contributed by atoms with Crippen LogP contribution in [0.4, 0.5) is 0 Å². The van der Waals surface area contributed by atoms with Crippen LogP contribution in [0.1, 0.15) is 65.4 Å². The summed E-state index contributed by atoms with van der Waals surface area (Å²) in [5, 5.41) is 2.33. The quantitative estimate of drug-likeness (QED) is 0.674. The van der Waals surface area contributed by atoms with E-state index in [1.807, 2.05) is 49.4 Å². The third kappa shape index (κ3) is 5.12. The van der Waals surface area contributed by atoms with Crippen molar-refractivity contribution in [1.82, 2.24) is 14.5 Å². The van der Waals surface area contributed by atoms with Crippen molar-refractivity contribution >= 4 is 21.8 Å². The Morgan fingerprint density at radius 3 is 2.45 bits per heavy atom. The van der Waals surface area contributed by atoms with Crippen LogP contribution in [0, 0.1) is 0 Å². The van der Waals surface area contributed by atoms with Crippen LogP contribution in [0.5, 0.6) is 0 Å². The van der Waals surface area contributed by atoms with Gasteiger partial charge in [-0.3, -0.25) is 9.59 Å². The summed E-state index contributed by atoms with van der Waals surface area (Å²) in [4.78, 5) is 25.9. The fourth-order valence-electron chi connectivity index (χ4n) is 4.72. The molecule has 2 aromatic carbocycles. The highest BCUT2D eigenvalue weighted by atomic mass is 32.2. The maximum atomic E-state index is 13.4. The van der Waals surface area contributed by atoms with Crippen LogP contribution < -0.4 is 5.32 Å². The summed E-state index contributed by atoms with van der Waals surface area (Å²) >= 11 is 0. The molecule has 0 saturated carbocycles. The number of hydrogen-bond donors (Lipinski definition) is 1. The Hall–Kier alpha value is -2.71. The van der Waals surface area contributed by atoms with Crippen molar-refractivity contribution in [3.05, 3.63) is 71.3 Å². The molecule has 2 amide bonds. The lowest BCUT2D eigenvalue weighted by atomic mass is 10.0. The van der Waals surface area contributed by atoms with E-state index in [2.05, 4.69) is 5.32 Å². The lowest BCUT2D eigenvalue weighted by molar-refractivity contribution is -0.127. The first kappa shape index (κ1) is 23.4. The third-order valence-corrected chi connectivity index (χ3v) is 9.01. The van der Waals surface area contributed by atoms with Crippen LogP contribution in [0.25, 0.3) is 0 Å². The molecule has 0 spiro atoms. The Balaban J connectivity index is 1.39. The predicted molar refractivity (Wildman–Crippen MR) is 127 cm³/mol. The highest BCUT2D eigenvalue weighted by Gasteiger charge is 2.39. The monoisotopic (exact) mass is 469 g/mol. The number of sulfonamides is 1. The number of hydrogen-bond acceptors (Lipinski definition) is 4. The molecule has 2 aromatic rings. The molecule has 0 radical (unpaired) electrons. The van der Waals surface area contributed by atoms with Gasteiger partial charge in [0.1, 0.15) is 5.25 Å². The maximum Gasteiger partial charge on any atom is 0.251 e. The Bertz CT molecular complexity index is 1090. The Morgan fingerprint density at radius 2 is 1.79 bits per heavy atom. The van der Waals surface area contributed by atoms with Crippen molar-refractivity contribution in [2.75, 3.05) is 26.2 Å². The molecule has 176 valence electrons. The summed E-state index contributed by atoms with van der Waals surface area (Å²) < 4.78 is 28.4. The highest BCUT2D eigenvalue weighted by molar-refractivity contribution is 7.89. The third-order valence-electron chi connectivity index (χ3n) is 6.63. The number of carbonyl (C=O) groups is 2. The van der Waals surface area contributed by atoms with Crippen molar-refractivity contribution < 1.29 is 18.0 Å². The average molecular weight is 470 g/mol. The molecular formula is C25H31N3O4S. The molecule has 4 rings (SSSR count). The van der Waals surface area contributed by atoms with Gasteiger partial charge >= 0.3 is 0 Å². The van der Waals surface area contributed by atoms with E-state index in [1.165, 1.54) is 0 Å². The summed E-state index contributed by atoms with van der Waals surface area (Å²) in [5.74, 6) is -0.0552. The maximum absolute atomic E-state index is 13.4. The fourth-order valence-corrected chi connectivity index (χ4v) is 6.96. The van der Waals surface area contributed by atoms with Crippen LogP contribution in [0.3, 0.4) is 0 Å². The molecule has 7 nitrogen and oxygen atoms in total. The Kier molecular flexibility index (Phi) is 7.14. The van der Waals surface area contributed by atoms with Crippen LogP contribution in [-0.4, -0.2) is 55.6 Å². The number of nitrogens with one attached hydrogen (secondary N) is 1. The van der Waals surface area contributed by atoms with E-state index >= 15 is 0 Å². The van der Waals surface area contributed by atoms with Crippen molar-refractivity contribution in [1.29, 1.82) is 0 Å². The minimum Gasteiger partial charge on any atom is -0.350 e. The number of carbonyl (C=O) groups excluding carboxylic acids is 2. The van der Waals surface area contributed by atoms with Gasteiger partial charge in [0.2, 0.25) is 15.9 Å². The largest absolute Gasteiger partial charge is 0.350 e. The lowest BCUT2D eigenvalue weighted by Gasteiger charge is -2.36. The molecule has 33 heavy (non-hydrogen) atoms. The van der Waals surface area contributed by atoms with Crippen molar-refractivity contribution in [2.24, 2.45) is 0 Å². The molecule has 0 aliphatic carbocycles. The first-order valence-corrected chi connectivity index (χ1v) is 13.1. The van der Waals surface area contributed by atoms with Gasteiger partial charge in [0, 0.05) is 44.2 Å². The van der Waals surface area contributed by atoms with Gasteiger partial charge in [-0.05, 0) is 49.4 Å². The molecule has 2 heterocycles. The first-order chi connectivity index (χ1) is 15.9. The van der Waals surface area contributed by atoms with E-state index in [4.69, 9.17) is 0 Å². The first-order valence-electron chi connectivity index (χ1n) is 11.6. The second-order valence-corrected chi connectivity index (χ2v) is 10.8. The summed E-state index contributed by atoms with van der Waals surface area (Å²) in [7, 11) is -3.49. The van der Waals surface area contributed by atoms with Crippen molar-refractivity contribution in [3.63, 3.8) is 0 Å². The molecule has 8 heteroatoms. The van der Waals surface area contributed by atoms with Gasteiger partial charge in [-0.2, -0.15) is 4.31 Å². The van der Waals surface area contributed by atoms with Crippen LogP contribution in [-0.2, 0) is 14.8 Å². The summed E-state index contributed by atoms with van der Waals surface area (Å²) in [5.41, 5.74) is 2.20. The standard InChI is InChI=1S/C25H31N3O4S/c1-19(28-17-5-9-23(33(28,31)32)21-7-3-2-4-8-21)20-11-13-22(14-12-20)25(30)26-15-18-27-16-6-10-24(27)29/h2-4,7-8,11-14,19,23H,5-6,9-10,15-18H2,1H3,(H,26,30). The van der Waals surface area contributed by atoms with Gasteiger partial charge in [0.25, 0.3) is 5.91 Å². The highest BCUT2D eigenvalue weighted by Crippen LogP contribution is 2.38. The number of benzene rings is 2.